The lowest BCUT2D eigenvalue weighted by atomic mass is 9.82. The van der Waals surface area contributed by atoms with Crippen LogP contribution in [0.1, 0.15) is 30.7 Å². The molecule has 1 N–H and O–H groups in total. The first-order chi connectivity index (χ1) is 17.0. The molecule has 0 amide bonds. The quantitative estimate of drug-likeness (QED) is 0.456. The Hall–Kier alpha value is -2.11. The molecule has 3 saturated heterocycles. The molecule has 0 aromatic carbocycles. The number of nitrogens with zero attached hydrogens (tertiary/aromatic N) is 6. The number of hydrogen-bond acceptors (Lipinski definition) is 8. The summed E-state index contributed by atoms with van der Waals surface area (Å²) in [6.07, 6.45) is 12.4. The number of piperidine rings is 1. The molecule has 10 nitrogen and oxygen atoms in total. The minimum absolute atomic E-state index is 0.104. The van der Waals surface area contributed by atoms with Crippen molar-refractivity contribution in [2.24, 2.45) is 13.0 Å². The molecule has 3 unspecified atom stereocenters. The van der Waals surface area contributed by atoms with Crippen molar-refractivity contribution in [1.29, 1.82) is 0 Å². The molecule has 35 heavy (non-hydrogen) atoms. The summed E-state index contributed by atoms with van der Waals surface area (Å²) in [6, 6.07) is 0.588. The number of aryl methyl sites for hydroxylation is 1. The van der Waals surface area contributed by atoms with Gasteiger partial charge in [0.1, 0.15) is 0 Å². The number of piperazine rings is 1. The highest BCUT2D eigenvalue weighted by molar-refractivity contribution is 5.36. The first-order valence-corrected chi connectivity index (χ1v) is 13.0. The average Bonchev–Trinajstić information content (AvgIpc) is 3.56. The summed E-state index contributed by atoms with van der Waals surface area (Å²) in [5.41, 5.74) is 0.281. The third-order valence-corrected chi connectivity index (χ3v) is 8.46. The fraction of sp³-hybridized carbons (Fsp3) is 0.720. The molecule has 1 aromatic heterocycles. The average molecular weight is 486 g/mol. The molecule has 0 saturated carbocycles. The number of hydrogen-bond donors (Lipinski definition) is 1. The van der Waals surface area contributed by atoms with Crippen LogP contribution < -0.4 is 5.32 Å². The van der Waals surface area contributed by atoms with Gasteiger partial charge in [-0.1, -0.05) is 0 Å². The van der Waals surface area contributed by atoms with Gasteiger partial charge in [0.05, 0.1) is 17.0 Å². The van der Waals surface area contributed by atoms with Crippen LogP contribution in [0.2, 0.25) is 0 Å². The molecule has 1 aromatic rings. The second-order valence-corrected chi connectivity index (χ2v) is 10.5. The molecule has 3 atom stereocenters. The van der Waals surface area contributed by atoms with Crippen LogP contribution in [0, 0.1) is 16.0 Å². The molecule has 3 fully saturated rings. The van der Waals surface area contributed by atoms with Crippen LogP contribution in [0.25, 0.3) is 0 Å². The largest absolute Gasteiger partial charge is 0.359 e. The van der Waals surface area contributed by atoms with Gasteiger partial charge in [0.15, 0.2) is 5.72 Å². The number of rotatable bonds is 7. The van der Waals surface area contributed by atoms with E-state index < -0.39 is 5.72 Å². The van der Waals surface area contributed by atoms with Gasteiger partial charge in [-0.2, -0.15) is 5.10 Å². The van der Waals surface area contributed by atoms with Crippen molar-refractivity contribution >= 4 is 0 Å². The smallest absolute Gasteiger partial charge is 0.266 e. The maximum Gasteiger partial charge on any atom is 0.266 e. The van der Waals surface area contributed by atoms with Crippen LogP contribution in [-0.2, 0) is 11.8 Å². The van der Waals surface area contributed by atoms with Gasteiger partial charge in [-0.05, 0) is 44.3 Å². The fourth-order valence-corrected chi connectivity index (χ4v) is 6.46. The van der Waals surface area contributed by atoms with Crippen LogP contribution in [0.4, 0.5) is 0 Å². The van der Waals surface area contributed by atoms with Crippen molar-refractivity contribution < 1.29 is 9.66 Å². The number of ether oxygens (including phenoxy) is 1. The van der Waals surface area contributed by atoms with Crippen LogP contribution >= 0.6 is 0 Å². The summed E-state index contributed by atoms with van der Waals surface area (Å²) >= 11 is 0. The van der Waals surface area contributed by atoms with Crippen molar-refractivity contribution in [3.05, 3.63) is 52.0 Å². The standard InChI is InChI=1S/C25H39N7O3/c1-28-19-21(17-27-28)24-15-23(32(33)34)3-7-25(24,35-2)31-9-5-22(6-10-31)30-13-11-29(12-14-30)18-20-4-8-26-16-20/h3,7,15,17,19-20,22,24,26H,4-6,8-14,16,18H2,1-2H3. The maximum absolute atomic E-state index is 11.5. The third-order valence-electron chi connectivity index (χ3n) is 8.46. The normalized spacial score (nSPS) is 31.7. The second kappa shape index (κ2) is 10.5. The number of nitrogens with one attached hydrogen (secondary N) is 1. The van der Waals surface area contributed by atoms with Gasteiger partial charge in [0.25, 0.3) is 5.70 Å². The van der Waals surface area contributed by atoms with Gasteiger partial charge in [0, 0.05) is 89.9 Å². The minimum Gasteiger partial charge on any atom is -0.359 e. The van der Waals surface area contributed by atoms with Crippen molar-refractivity contribution in [3.63, 3.8) is 0 Å². The third kappa shape index (κ3) is 5.08. The Labute approximate surface area is 207 Å². The molecule has 0 spiro atoms. The molecule has 5 rings (SSSR count). The highest BCUT2D eigenvalue weighted by Crippen LogP contribution is 2.42. The molecule has 3 aliphatic heterocycles. The van der Waals surface area contributed by atoms with Gasteiger partial charge in [-0.15, -0.1) is 0 Å². The van der Waals surface area contributed by atoms with Gasteiger partial charge < -0.3 is 15.0 Å². The predicted molar refractivity (Wildman–Crippen MR) is 133 cm³/mol. The van der Waals surface area contributed by atoms with Crippen LogP contribution in [-0.4, -0.2) is 107 Å². The maximum atomic E-state index is 11.5. The lowest BCUT2D eigenvalue weighted by Gasteiger charge is -2.50. The zero-order valence-corrected chi connectivity index (χ0v) is 21.0. The van der Waals surface area contributed by atoms with Gasteiger partial charge in [-0.3, -0.25) is 24.6 Å². The predicted octanol–water partition coefficient (Wildman–Crippen LogP) is 1.27. The number of methoxy groups -OCH3 is 1. The van der Waals surface area contributed by atoms with Crippen LogP contribution in [0.15, 0.2) is 36.3 Å². The summed E-state index contributed by atoms with van der Waals surface area (Å²) in [5, 5.41) is 19.4. The van der Waals surface area contributed by atoms with Gasteiger partial charge in [-0.25, -0.2) is 0 Å². The summed E-state index contributed by atoms with van der Waals surface area (Å²) in [4.78, 5) is 18.9. The highest BCUT2D eigenvalue weighted by Gasteiger charge is 2.47. The number of nitro groups is 1. The number of likely N-dealkylation sites (tertiary alicyclic amines) is 1. The van der Waals surface area contributed by atoms with E-state index in [9.17, 15) is 10.1 Å². The topological polar surface area (TPSA) is 91.9 Å². The Kier molecular flexibility index (Phi) is 7.36. The molecule has 10 heteroatoms. The van der Waals surface area contributed by atoms with Gasteiger partial charge in [0.2, 0.25) is 0 Å². The minimum atomic E-state index is -0.748. The van der Waals surface area contributed by atoms with Crippen molar-refractivity contribution in [2.75, 3.05) is 66.0 Å². The monoisotopic (exact) mass is 485 g/mol. The van der Waals surface area contributed by atoms with Crippen LogP contribution in [0.3, 0.4) is 0 Å². The van der Waals surface area contributed by atoms with E-state index in [0.29, 0.717) is 6.04 Å². The number of aromatic nitrogens is 2. The van der Waals surface area contributed by atoms with Crippen LogP contribution in [0.5, 0.6) is 0 Å². The van der Waals surface area contributed by atoms with Crippen molar-refractivity contribution in [1.82, 2.24) is 29.8 Å². The summed E-state index contributed by atoms with van der Waals surface area (Å²) < 4.78 is 7.93. The molecular formula is C25H39N7O3. The Morgan fingerprint density at radius 1 is 1.20 bits per heavy atom. The number of allylic oxidation sites excluding steroid dienone is 1. The van der Waals surface area contributed by atoms with Crippen molar-refractivity contribution in [2.45, 2.75) is 36.9 Å². The van der Waals surface area contributed by atoms with E-state index in [0.717, 1.165) is 50.5 Å². The molecule has 1 aliphatic carbocycles. The lowest BCUT2D eigenvalue weighted by molar-refractivity contribution is -0.420. The van der Waals surface area contributed by atoms with E-state index in [4.69, 9.17) is 4.74 Å². The Morgan fingerprint density at radius 2 is 1.97 bits per heavy atom. The summed E-state index contributed by atoms with van der Waals surface area (Å²) in [6.45, 7) is 10.00. The zero-order valence-electron chi connectivity index (χ0n) is 21.0. The van der Waals surface area contributed by atoms with Crippen molar-refractivity contribution in [3.8, 4) is 0 Å². The fourth-order valence-electron chi connectivity index (χ4n) is 6.46. The van der Waals surface area contributed by atoms with E-state index in [2.05, 4.69) is 25.1 Å². The Bertz CT molecular complexity index is 941. The summed E-state index contributed by atoms with van der Waals surface area (Å²) in [5.74, 6) is 0.521. The Morgan fingerprint density at radius 3 is 2.57 bits per heavy atom. The SMILES string of the molecule is COC1(N2CCC(N3CCN(CC4CCNC4)CC3)CC2)C=CC([N+](=O)[O-])=CC1c1cnn(C)c1. The van der Waals surface area contributed by atoms with E-state index in [1.807, 2.05) is 19.3 Å². The first-order valence-electron chi connectivity index (χ1n) is 13.0. The molecule has 192 valence electrons. The Balaban J connectivity index is 1.22. The molecule has 4 heterocycles. The van der Waals surface area contributed by atoms with E-state index in [-0.39, 0.29) is 16.5 Å². The zero-order chi connectivity index (χ0) is 24.4. The van der Waals surface area contributed by atoms with E-state index in [1.165, 1.54) is 39.1 Å². The first kappa shape index (κ1) is 24.6. The second-order valence-electron chi connectivity index (χ2n) is 10.5. The summed E-state index contributed by atoms with van der Waals surface area (Å²) in [7, 11) is 3.58. The molecule has 4 aliphatic rings. The highest BCUT2D eigenvalue weighted by atomic mass is 16.6. The van der Waals surface area contributed by atoms with E-state index in [1.54, 1.807) is 30.1 Å². The lowest BCUT2D eigenvalue weighted by Crippen LogP contribution is -2.59. The molecule has 0 bridgehead atoms. The molecular weight excluding hydrogens is 446 g/mol. The van der Waals surface area contributed by atoms with Gasteiger partial charge >= 0.3 is 0 Å². The van der Waals surface area contributed by atoms with E-state index >= 15 is 0 Å². The molecule has 0 radical (unpaired) electrons.